The molecular weight excluding hydrogens is 503 g/mol. The van der Waals surface area contributed by atoms with Crippen molar-refractivity contribution in [2.45, 2.75) is 12.5 Å². The lowest BCUT2D eigenvalue weighted by molar-refractivity contribution is -0.139. The van der Waals surface area contributed by atoms with Crippen LogP contribution in [0.3, 0.4) is 0 Å². The lowest BCUT2D eigenvalue weighted by atomic mass is 9.94. The lowest BCUT2D eigenvalue weighted by Gasteiger charge is -2.25. The van der Waals surface area contributed by atoms with Gasteiger partial charge < -0.3 is 29.2 Å². The SMILES string of the molecule is COc1ccc2[nH]cc(CCN3C(=O)C(=O)C(=C(O)c4ccc(OC)c(OC)c4)[C@H]3c3ccccc3F)c2c1. The summed E-state index contributed by atoms with van der Waals surface area (Å²) in [4.78, 5) is 31.2. The summed E-state index contributed by atoms with van der Waals surface area (Å²) < 4.78 is 31.1. The number of carbonyl (C=O) groups is 2. The number of H-pyrrole nitrogens is 1. The Morgan fingerprint density at radius 3 is 2.46 bits per heavy atom. The molecule has 9 heteroatoms. The van der Waals surface area contributed by atoms with Crippen LogP contribution in [-0.4, -0.2) is 54.6 Å². The molecule has 0 saturated carbocycles. The maximum absolute atomic E-state index is 15.1. The van der Waals surface area contributed by atoms with E-state index in [1.165, 1.54) is 43.4 Å². The number of benzene rings is 3. The maximum atomic E-state index is 15.1. The normalized spacial score (nSPS) is 16.6. The maximum Gasteiger partial charge on any atom is 0.295 e. The summed E-state index contributed by atoms with van der Waals surface area (Å²) in [7, 11) is 4.50. The van der Waals surface area contributed by atoms with E-state index in [1.807, 2.05) is 24.4 Å². The van der Waals surface area contributed by atoms with Gasteiger partial charge in [-0.3, -0.25) is 9.59 Å². The van der Waals surface area contributed by atoms with Crippen LogP contribution in [0.4, 0.5) is 4.39 Å². The van der Waals surface area contributed by atoms with Crippen LogP contribution in [0.5, 0.6) is 17.2 Å². The van der Waals surface area contributed by atoms with E-state index in [0.29, 0.717) is 23.7 Å². The molecule has 39 heavy (non-hydrogen) atoms. The second-order valence-corrected chi connectivity index (χ2v) is 9.06. The molecule has 8 nitrogen and oxygen atoms in total. The van der Waals surface area contributed by atoms with Gasteiger partial charge in [0.1, 0.15) is 17.3 Å². The molecule has 1 amide bonds. The Morgan fingerprint density at radius 1 is 0.974 bits per heavy atom. The van der Waals surface area contributed by atoms with Crippen molar-refractivity contribution in [3.63, 3.8) is 0 Å². The van der Waals surface area contributed by atoms with Crippen molar-refractivity contribution < 1.29 is 33.3 Å². The van der Waals surface area contributed by atoms with Gasteiger partial charge in [-0.25, -0.2) is 4.39 Å². The number of ketones is 1. The molecule has 4 aromatic rings. The predicted octanol–water partition coefficient (Wildman–Crippen LogP) is 5.00. The quantitative estimate of drug-likeness (QED) is 0.189. The Kier molecular flexibility index (Phi) is 6.98. The zero-order chi connectivity index (χ0) is 27.7. The predicted molar refractivity (Wildman–Crippen MR) is 144 cm³/mol. The number of aliphatic hydroxyl groups is 1. The number of hydrogen-bond acceptors (Lipinski definition) is 6. The molecule has 0 bridgehead atoms. The van der Waals surface area contributed by atoms with Crippen molar-refractivity contribution >= 4 is 28.4 Å². The second kappa shape index (κ2) is 10.5. The summed E-state index contributed by atoms with van der Waals surface area (Å²) in [6.07, 6.45) is 2.21. The number of aromatic nitrogens is 1. The van der Waals surface area contributed by atoms with E-state index in [-0.39, 0.29) is 23.2 Å². The Morgan fingerprint density at radius 2 is 1.74 bits per heavy atom. The largest absolute Gasteiger partial charge is 0.507 e. The number of amides is 1. The number of Topliss-reactive ketones (excluding diaryl/α,β-unsaturated/α-hetero) is 1. The van der Waals surface area contributed by atoms with Crippen LogP contribution in [-0.2, 0) is 16.0 Å². The number of hydrogen-bond donors (Lipinski definition) is 2. The third-order valence-electron chi connectivity index (χ3n) is 6.99. The number of nitrogens with one attached hydrogen (secondary N) is 1. The molecule has 5 rings (SSSR count). The average Bonchev–Trinajstić information content (AvgIpc) is 3.48. The van der Waals surface area contributed by atoms with Crippen LogP contribution in [0.1, 0.15) is 22.7 Å². The van der Waals surface area contributed by atoms with Gasteiger partial charge in [-0.05, 0) is 54.4 Å². The molecule has 0 spiro atoms. The molecule has 0 unspecified atom stereocenters. The number of carbonyl (C=O) groups excluding carboxylic acids is 2. The van der Waals surface area contributed by atoms with Gasteiger partial charge >= 0.3 is 0 Å². The van der Waals surface area contributed by atoms with Crippen molar-refractivity contribution in [1.29, 1.82) is 0 Å². The van der Waals surface area contributed by atoms with E-state index in [2.05, 4.69) is 4.98 Å². The first-order valence-corrected chi connectivity index (χ1v) is 12.3. The summed E-state index contributed by atoms with van der Waals surface area (Å²) >= 11 is 0. The monoisotopic (exact) mass is 530 g/mol. The van der Waals surface area contributed by atoms with E-state index in [0.717, 1.165) is 16.5 Å². The number of halogens is 1. The fraction of sp³-hybridized carbons (Fsp3) is 0.200. The highest BCUT2D eigenvalue weighted by atomic mass is 19.1. The van der Waals surface area contributed by atoms with Gasteiger partial charge in [-0.15, -0.1) is 0 Å². The van der Waals surface area contributed by atoms with Crippen LogP contribution in [0.15, 0.2) is 72.4 Å². The molecule has 3 aromatic carbocycles. The minimum Gasteiger partial charge on any atom is -0.507 e. The molecule has 2 heterocycles. The van der Waals surface area contributed by atoms with Gasteiger partial charge in [0.25, 0.3) is 11.7 Å². The highest BCUT2D eigenvalue weighted by molar-refractivity contribution is 6.46. The fourth-order valence-corrected chi connectivity index (χ4v) is 5.00. The number of likely N-dealkylation sites (tertiary alicyclic amines) is 1. The summed E-state index contributed by atoms with van der Waals surface area (Å²) in [5.74, 6) is -1.29. The van der Waals surface area contributed by atoms with Gasteiger partial charge in [0.15, 0.2) is 11.5 Å². The van der Waals surface area contributed by atoms with Crippen molar-refractivity contribution in [1.82, 2.24) is 9.88 Å². The van der Waals surface area contributed by atoms with Crippen LogP contribution < -0.4 is 14.2 Å². The molecule has 1 aliphatic heterocycles. The van der Waals surface area contributed by atoms with Crippen LogP contribution >= 0.6 is 0 Å². The first kappa shape index (κ1) is 25.8. The number of rotatable bonds is 8. The Balaban J connectivity index is 1.58. The first-order chi connectivity index (χ1) is 18.9. The number of methoxy groups -OCH3 is 3. The van der Waals surface area contributed by atoms with Crippen molar-refractivity contribution in [3.8, 4) is 17.2 Å². The number of aromatic amines is 1. The summed E-state index contributed by atoms with van der Waals surface area (Å²) in [5, 5.41) is 12.2. The molecule has 1 saturated heterocycles. The van der Waals surface area contributed by atoms with Gasteiger partial charge in [0, 0.05) is 34.8 Å². The van der Waals surface area contributed by atoms with Gasteiger partial charge in [-0.2, -0.15) is 0 Å². The van der Waals surface area contributed by atoms with Gasteiger partial charge in [0.05, 0.1) is 32.9 Å². The van der Waals surface area contributed by atoms with Crippen LogP contribution in [0, 0.1) is 5.82 Å². The van der Waals surface area contributed by atoms with E-state index in [1.54, 1.807) is 25.3 Å². The molecule has 1 atom stereocenters. The molecule has 1 aromatic heterocycles. The van der Waals surface area contributed by atoms with E-state index >= 15 is 4.39 Å². The molecule has 0 aliphatic carbocycles. The smallest absolute Gasteiger partial charge is 0.295 e. The van der Waals surface area contributed by atoms with E-state index in [4.69, 9.17) is 14.2 Å². The zero-order valence-electron chi connectivity index (χ0n) is 21.7. The summed E-state index contributed by atoms with van der Waals surface area (Å²) in [6, 6.07) is 15.0. The molecule has 0 radical (unpaired) electrons. The third kappa shape index (κ3) is 4.56. The molecular formula is C30H27FN2O6. The lowest BCUT2D eigenvalue weighted by Crippen LogP contribution is -2.32. The standard InChI is InChI=1S/C30H27FN2O6/c1-37-19-9-10-23-21(15-19)18(16-32-23)12-13-33-27(20-6-4-5-7-22(20)31)26(29(35)30(33)36)28(34)17-8-11-24(38-2)25(14-17)39-3/h4-11,14-16,27,32,34H,12-13H2,1-3H3/t27-/m1/s1. The Bertz CT molecular complexity index is 1610. The molecule has 1 fully saturated rings. The van der Waals surface area contributed by atoms with Crippen LogP contribution in [0.25, 0.3) is 16.7 Å². The third-order valence-corrected chi connectivity index (χ3v) is 6.99. The van der Waals surface area contributed by atoms with E-state index < -0.39 is 29.3 Å². The number of fused-ring (bicyclic) bond motifs is 1. The van der Waals surface area contributed by atoms with E-state index in [9.17, 15) is 14.7 Å². The van der Waals surface area contributed by atoms with Crippen molar-refractivity contribution in [3.05, 3.63) is 94.9 Å². The minimum atomic E-state index is -1.13. The number of nitrogens with zero attached hydrogens (tertiary/aromatic N) is 1. The highest BCUT2D eigenvalue weighted by Gasteiger charge is 2.46. The first-order valence-electron chi connectivity index (χ1n) is 12.3. The second-order valence-electron chi connectivity index (χ2n) is 9.06. The topological polar surface area (TPSA) is 101 Å². The van der Waals surface area contributed by atoms with Crippen LogP contribution in [0.2, 0.25) is 0 Å². The fourth-order valence-electron chi connectivity index (χ4n) is 5.00. The Hall–Kier alpha value is -4.79. The van der Waals surface area contributed by atoms with Crippen molar-refractivity contribution in [2.24, 2.45) is 0 Å². The zero-order valence-corrected chi connectivity index (χ0v) is 21.7. The summed E-state index contributed by atoms with van der Waals surface area (Å²) in [6.45, 7) is 0.108. The highest BCUT2D eigenvalue weighted by Crippen LogP contribution is 2.41. The summed E-state index contributed by atoms with van der Waals surface area (Å²) in [5.41, 5.74) is 1.94. The van der Waals surface area contributed by atoms with Gasteiger partial charge in [-0.1, -0.05) is 18.2 Å². The minimum absolute atomic E-state index is 0.108. The number of ether oxygens (including phenoxy) is 3. The van der Waals surface area contributed by atoms with Gasteiger partial charge in [0.2, 0.25) is 0 Å². The Labute approximate surface area is 224 Å². The van der Waals surface area contributed by atoms with Crippen molar-refractivity contribution in [2.75, 3.05) is 27.9 Å². The molecule has 200 valence electrons. The molecule has 2 N–H and O–H groups in total. The average molecular weight is 531 g/mol. The number of aliphatic hydroxyl groups excluding tert-OH is 1. The molecule has 1 aliphatic rings.